The van der Waals surface area contributed by atoms with Crippen molar-refractivity contribution in [3.63, 3.8) is 0 Å². The first kappa shape index (κ1) is 37.1. The molecule has 0 saturated heterocycles. The third-order valence-electron chi connectivity index (χ3n) is 13.7. The molecule has 1 aromatic heterocycles. The number of aromatic nitrogens is 2. The van der Waals surface area contributed by atoms with Crippen LogP contribution in [0.25, 0.3) is 99.6 Å². The predicted octanol–water partition coefficient (Wildman–Crippen LogP) is 16.1. The van der Waals surface area contributed by atoms with Gasteiger partial charge < -0.3 is 0 Å². The fraction of sp³-hybridized carbons (Fsp3) is 0.0159. The molecule has 0 fully saturated rings. The fourth-order valence-corrected chi connectivity index (χ4v) is 10.8. The number of benzene rings is 11. The van der Waals surface area contributed by atoms with Crippen molar-refractivity contribution in [3.8, 4) is 67.3 Å². The Morgan fingerprint density at radius 2 is 0.815 bits per heavy atom. The highest BCUT2D eigenvalue weighted by atomic mass is 14.9. The van der Waals surface area contributed by atoms with E-state index in [9.17, 15) is 0 Å². The van der Waals surface area contributed by atoms with Crippen molar-refractivity contribution >= 4 is 32.3 Å². The Kier molecular flexibility index (Phi) is 8.47. The van der Waals surface area contributed by atoms with E-state index in [-0.39, 0.29) is 0 Å². The molecule has 302 valence electrons. The van der Waals surface area contributed by atoms with Gasteiger partial charge in [0.15, 0.2) is 5.82 Å². The topological polar surface area (TPSA) is 25.8 Å². The van der Waals surface area contributed by atoms with Gasteiger partial charge in [-0.25, -0.2) is 9.97 Å². The van der Waals surface area contributed by atoms with Crippen LogP contribution >= 0.6 is 0 Å². The highest BCUT2D eigenvalue weighted by molar-refractivity contribution is 6.25. The number of nitrogens with zero attached hydrogens (tertiary/aromatic N) is 2. The van der Waals surface area contributed by atoms with Gasteiger partial charge in [-0.3, -0.25) is 0 Å². The maximum absolute atomic E-state index is 5.31. The second kappa shape index (κ2) is 14.8. The molecule has 0 aliphatic heterocycles. The quantitative estimate of drug-likeness (QED) is 0.150. The van der Waals surface area contributed by atoms with Gasteiger partial charge in [0.2, 0.25) is 0 Å². The highest BCUT2D eigenvalue weighted by Crippen LogP contribution is 2.59. The lowest BCUT2D eigenvalue weighted by Crippen LogP contribution is -2.28. The molecule has 65 heavy (non-hydrogen) atoms. The van der Waals surface area contributed by atoms with E-state index in [2.05, 4.69) is 218 Å². The van der Waals surface area contributed by atoms with Gasteiger partial charge in [0.25, 0.3) is 0 Å². The van der Waals surface area contributed by atoms with Crippen molar-refractivity contribution in [2.24, 2.45) is 0 Å². The zero-order valence-corrected chi connectivity index (χ0v) is 35.5. The van der Waals surface area contributed by atoms with Gasteiger partial charge in [0.1, 0.15) is 0 Å². The predicted molar refractivity (Wildman–Crippen MR) is 270 cm³/mol. The summed E-state index contributed by atoms with van der Waals surface area (Å²) in [5, 5.41) is 7.78. The molecule has 2 nitrogen and oxygen atoms in total. The number of rotatable bonds is 7. The summed E-state index contributed by atoms with van der Waals surface area (Å²) < 4.78 is 0. The third kappa shape index (κ3) is 5.81. The molecular formula is C63H40N2. The first-order valence-electron chi connectivity index (χ1n) is 22.4. The molecule has 0 saturated carbocycles. The van der Waals surface area contributed by atoms with Crippen molar-refractivity contribution < 1.29 is 0 Å². The average molecular weight is 825 g/mol. The van der Waals surface area contributed by atoms with Crippen molar-refractivity contribution in [2.75, 3.05) is 0 Å². The van der Waals surface area contributed by atoms with Gasteiger partial charge in [-0.1, -0.05) is 224 Å². The monoisotopic (exact) mass is 824 g/mol. The lowest BCUT2D eigenvalue weighted by atomic mass is 9.67. The third-order valence-corrected chi connectivity index (χ3v) is 13.7. The zero-order valence-electron chi connectivity index (χ0n) is 35.5. The lowest BCUT2D eigenvalue weighted by molar-refractivity contribution is 0.769. The summed E-state index contributed by atoms with van der Waals surface area (Å²) in [6, 6.07) is 88.5. The maximum Gasteiger partial charge on any atom is 0.160 e. The van der Waals surface area contributed by atoms with Crippen LogP contribution in [0.5, 0.6) is 0 Å². The minimum atomic E-state index is -0.611. The standard InChI is InChI=1S/C63H40N2/c1-5-16-41(17-6-1)57-40-58(65-62(64-57)45-18-7-2-8-19-45)48-34-37-54-56(39-48)63(49-24-9-3-10-25-49,50-26-11-4-12-27-50)55-29-15-28-52(61(54)55)47-23-14-22-46(38-47)51-35-32-44-31-30-42-20-13-21-43-33-36-53(51)60(44)59(42)43/h1-40H. The Labute approximate surface area is 378 Å². The molecule has 0 atom stereocenters. The van der Waals surface area contributed by atoms with Crippen LogP contribution in [-0.2, 0) is 5.41 Å². The highest BCUT2D eigenvalue weighted by Gasteiger charge is 2.47. The molecule has 0 spiro atoms. The Morgan fingerprint density at radius 3 is 1.51 bits per heavy atom. The Hall–Kier alpha value is -8.46. The van der Waals surface area contributed by atoms with Crippen LogP contribution < -0.4 is 0 Å². The van der Waals surface area contributed by atoms with Gasteiger partial charge >= 0.3 is 0 Å². The van der Waals surface area contributed by atoms with Crippen LogP contribution in [0, 0.1) is 0 Å². The summed E-state index contributed by atoms with van der Waals surface area (Å²) in [4.78, 5) is 10.4. The van der Waals surface area contributed by atoms with E-state index in [0.29, 0.717) is 5.82 Å². The van der Waals surface area contributed by atoms with Crippen LogP contribution in [0.3, 0.4) is 0 Å². The van der Waals surface area contributed by atoms with Crippen LogP contribution in [0.4, 0.5) is 0 Å². The van der Waals surface area contributed by atoms with E-state index in [4.69, 9.17) is 9.97 Å². The van der Waals surface area contributed by atoms with Crippen LogP contribution in [0.15, 0.2) is 243 Å². The Balaban J connectivity index is 1.04. The Bertz CT molecular complexity index is 3630. The van der Waals surface area contributed by atoms with Crippen LogP contribution in [0.2, 0.25) is 0 Å². The van der Waals surface area contributed by atoms with Crippen LogP contribution in [0.1, 0.15) is 22.3 Å². The Morgan fingerprint density at radius 1 is 0.292 bits per heavy atom. The number of hydrogen-bond acceptors (Lipinski definition) is 2. The first-order chi connectivity index (χ1) is 32.2. The van der Waals surface area contributed by atoms with E-state index >= 15 is 0 Å². The van der Waals surface area contributed by atoms with Crippen molar-refractivity contribution in [1.82, 2.24) is 9.97 Å². The largest absolute Gasteiger partial charge is 0.228 e. The molecule has 0 N–H and O–H groups in total. The molecule has 1 aliphatic carbocycles. The second-order valence-corrected chi connectivity index (χ2v) is 17.2. The summed E-state index contributed by atoms with van der Waals surface area (Å²) in [5.74, 6) is 0.704. The zero-order chi connectivity index (χ0) is 42.9. The molecule has 0 unspecified atom stereocenters. The number of hydrogen-bond donors (Lipinski definition) is 0. The summed E-state index contributed by atoms with van der Waals surface area (Å²) in [6.07, 6.45) is 0. The molecule has 12 aromatic rings. The molecule has 0 amide bonds. The van der Waals surface area contributed by atoms with Crippen LogP contribution in [-0.4, -0.2) is 9.97 Å². The molecule has 11 aromatic carbocycles. The van der Waals surface area contributed by atoms with Crippen molar-refractivity contribution in [1.29, 1.82) is 0 Å². The lowest BCUT2D eigenvalue weighted by Gasteiger charge is -2.34. The van der Waals surface area contributed by atoms with Crippen molar-refractivity contribution in [3.05, 3.63) is 265 Å². The van der Waals surface area contributed by atoms with Crippen molar-refractivity contribution in [2.45, 2.75) is 5.41 Å². The summed E-state index contributed by atoms with van der Waals surface area (Å²) in [6.45, 7) is 0. The molecule has 1 aliphatic rings. The van der Waals surface area contributed by atoms with E-state index in [0.717, 1.165) is 28.1 Å². The van der Waals surface area contributed by atoms with Gasteiger partial charge in [-0.05, 0) is 106 Å². The molecule has 2 heteroatoms. The minimum absolute atomic E-state index is 0.611. The van der Waals surface area contributed by atoms with E-state index in [1.54, 1.807) is 0 Å². The molecular weight excluding hydrogens is 785 g/mol. The van der Waals surface area contributed by atoms with E-state index < -0.39 is 5.41 Å². The van der Waals surface area contributed by atoms with E-state index in [1.165, 1.54) is 88.0 Å². The fourth-order valence-electron chi connectivity index (χ4n) is 10.8. The van der Waals surface area contributed by atoms with Gasteiger partial charge in [0, 0.05) is 16.7 Å². The minimum Gasteiger partial charge on any atom is -0.228 e. The summed E-state index contributed by atoms with van der Waals surface area (Å²) in [5.41, 5.74) is 16.5. The summed E-state index contributed by atoms with van der Waals surface area (Å²) >= 11 is 0. The van der Waals surface area contributed by atoms with Gasteiger partial charge in [-0.2, -0.15) is 0 Å². The molecule has 0 radical (unpaired) electrons. The number of fused-ring (bicyclic) bond motifs is 3. The molecule has 13 rings (SSSR count). The molecule has 1 heterocycles. The smallest absolute Gasteiger partial charge is 0.160 e. The first-order valence-corrected chi connectivity index (χ1v) is 22.4. The average Bonchev–Trinajstić information content (AvgIpc) is 3.69. The normalized spacial score (nSPS) is 12.7. The molecule has 0 bridgehead atoms. The second-order valence-electron chi connectivity index (χ2n) is 17.2. The van der Waals surface area contributed by atoms with Gasteiger partial charge in [0.05, 0.1) is 16.8 Å². The SMILES string of the molecule is c1ccc(-c2cc(-c3ccc4c(c3)C(c3ccccc3)(c3ccccc3)c3cccc(-c5cccc(-c6ccc7ccc8cccc9ccc6c7c89)c5)c3-4)nc(-c3ccccc3)n2)cc1. The van der Waals surface area contributed by atoms with Gasteiger partial charge in [-0.15, -0.1) is 0 Å². The summed E-state index contributed by atoms with van der Waals surface area (Å²) in [7, 11) is 0. The maximum atomic E-state index is 5.31. The van der Waals surface area contributed by atoms with E-state index in [1.807, 2.05) is 24.3 Å².